The summed E-state index contributed by atoms with van der Waals surface area (Å²) in [4.78, 5) is 8.22. The molecule has 82 valence electrons. The zero-order chi connectivity index (χ0) is 10.7. The van der Waals surface area contributed by atoms with Crippen molar-refractivity contribution in [3.05, 3.63) is 12.4 Å². The second-order valence-electron chi connectivity index (χ2n) is 3.76. The molecule has 0 amide bonds. The number of ether oxygens (including phenoxy) is 2. The van der Waals surface area contributed by atoms with Gasteiger partial charge in [0.25, 0.3) is 0 Å². The summed E-state index contributed by atoms with van der Waals surface area (Å²) in [5, 5.41) is 3.12. The molecule has 5 nitrogen and oxygen atoms in total. The smallest absolute Gasteiger partial charge is 0.235 e. The van der Waals surface area contributed by atoms with E-state index in [0.29, 0.717) is 11.8 Å². The molecule has 0 aliphatic carbocycles. The lowest BCUT2D eigenvalue weighted by Crippen LogP contribution is -2.50. The molecule has 0 unspecified atom stereocenters. The summed E-state index contributed by atoms with van der Waals surface area (Å²) >= 11 is 0. The Labute approximate surface area is 88.8 Å². The van der Waals surface area contributed by atoms with Gasteiger partial charge in [0.15, 0.2) is 0 Å². The fourth-order valence-electron chi connectivity index (χ4n) is 1.20. The summed E-state index contributed by atoms with van der Waals surface area (Å²) in [6, 6.07) is 0. The van der Waals surface area contributed by atoms with Gasteiger partial charge in [-0.05, 0) is 13.8 Å². The van der Waals surface area contributed by atoms with Crippen molar-refractivity contribution < 1.29 is 9.47 Å². The van der Waals surface area contributed by atoms with Crippen molar-refractivity contribution in [3.63, 3.8) is 0 Å². The highest BCUT2D eigenvalue weighted by atomic mass is 16.5. The molecule has 1 aliphatic heterocycles. The third-order valence-corrected chi connectivity index (χ3v) is 1.98. The predicted molar refractivity (Wildman–Crippen MR) is 55.1 cm³/mol. The Morgan fingerprint density at radius 2 is 2.07 bits per heavy atom. The molecule has 0 radical (unpaired) electrons. The normalized spacial score (nSPS) is 16.2. The molecule has 1 aromatic rings. The van der Waals surface area contributed by atoms with Crippen LogP contribution in [0.4, 0.5) is 0 Å². The van der Waals surface area contributed by atoms with Crippen LogP contribution >= 0.6 is 0 Å². The standard InChI is InChI=1S/C10H15N3O2/c1-7(2)14-9-5-12-6-10(13-9)15-8-3-11-4-8/h5-8,11H,3-4H2,1-2H3. The van der Waals surface area contributed by atoms with Gasteiger partial charge in [-0.15, -0.1) is 0 Å². The zero-order valence-electron chi connectivity index (χ0n) is 8.93. The molecule has 0 aromatic carbocycles. The van der Waals surface area contributed by atoms with E-state index in [1.807, 2.05) is 13.8 Å². The third-order valence-electron chi connectivity index (χ3n) is 1.98. The largest absolute Gasteiger partial charge is 0.474 e. The lowest BCUT2D eigenvalue weighted by molar-refractivity contribution is 0.132. The summed E-state index contributed by atoms with van der Waals surface area (Å²) in [7, 11) is 0. The topological polar surface area (TPSA) is 56.3 Å². The predicted octanol–water partition coefficient (Wildman–Crippen LogP) is 0.614. The van der Waals surface area contributed by atoms with Crippen LogP contribution in [0, 0.1) is 0 Å². The van der Waals surface area contributed by atoms with Gasteiger partial charge in [-0.25, -0.2) is 0 Å². The molecule has 1 saturated heterocycles. The molecule has 0 atom stereocenters. The van der Waals surface area contributed by atoms with Gasteiger partial charge in [0.2, 0.25) is 11.8 Å². The monoisotopic (exact) mass is 209 g/mol. The highest BCUT2D eigenvalue weighted by molar-refractivity contribution is 5.13. The molecular formula is C10H15N3O2. The van der Waals surface area contributed by atoms with Gasteiger partial charge in [0.1, 0.15) is 6.10 Å². The van der Waals surface area contributed by atoms with E-state index in [0.717, 1.165) is 13.1 Å². The molecule has 0 spiro atoms. The van der Waals surface area contributed by atoms with Crippen molar-refractivity contribution >= 4 is 0 Å². The van der Waals surface area contributed by atoms with Crippen LogP contribution < -0.4 is 14.8 Å². The van der Waals surface area contributed by atoms with Gasteiger partial charge >= 0.3 is 0 Å². The fourth-order valence-corrected chi connectivity index (χ4v) is 1.20. The van der Waals surface area contributed by atoms with Gasteiger partial charge in [-0.2, -0.15) is 4.98 Å². The number of rotatable bonds is 4. The first-order chi connectivity index (χ1) is 7.24. The second-order valence-corrected chi connectivity index (χ2v) is 3.76. The van der Waals surface area contributed by atoms with E-state index >= 15 is 0 Å². The molecular weight excluding hydrogens is 194 g/mol. The van der Waals surface area contributed by atoms with Crippen LogP contribution in [0.2, 0.25) is 0 Å². The Bertz CT molecular complexity index is 326. The first kappa shape index (κ1) is 10.2. The van der Waals surface area contributed by atoms with Crippen molar-refractivity contribution in [2.24, 2.45) is 0 Å². The molecule has 1 fully saturated rings. The lowest BCUT2D eigenvalue weighted by Gasteiger charge is -2.27. The summed E-state index contributed by atoms with van der Waals surface area (Å²) in [5.41, 5.74) is 0. The first-order valence-electron chi connectivity index (χ1n) is 5.10. The van der Waals surface area contributed by atoms with Crippen molar-refractivity contribution in [2.75, 3.05) is 13.1 Å². The summed E-state index contributed by atoms with van der Waals surface area (Å²) in [6.45, 7) is 5.64. The molecule has 1 aliphatic rings. The Kier molecular flexibility index (Phi) is 3.01. The minimum Gasteiger partial charge on any atom is -0.474 e. The van der Waals surface area contributed by atoms with E-state index in [-0.39, 0.29) is 12.2 Å². The van der Waals surface area contributed by atoms with Gasteiger partial charge in [0, 0.05) is 13.1 Å². The first-order valence-corrected chi connectivity index (χ1v) is 5.10. The van der Waals surface area contributed by atoms with Crippen molar-refractivity contribution in [1.29, 1.82) is 0 Å². The molecule has 1 aromatic heterocycles. The van der Waals surface area contributed by atoms with Crippen LogP contribution in [0.1, 0.15) is 13.8 Å². The maximum Gasteiger partial charge on any atom is 0.235 e. The van der Waals surface area contributed by atoms with E-state index in [9.17, 15) is 0 Å². The molecule has 0 bridgehead atoms. The van der Waals surface area contributed by atoms with E-state index < -0.39 is 0 Å². The number of hydrogen-bond donors (Lipinski definition) is 1. The van der Waals surface area contributed by atoms with E-state index in [1.54, 1.807) is 12.4 Å². The molecule has 15 heavy (non-hydrogen) atoms. The quantitative estimate of drug-likeness (QED) is 0.787. The van der Waals surface area contributed by atoms with E-state index in [2.05, 4.69) is 15.3 Å². The lowest BCUT2D eigenvalue weighted by atomic mass is 10.2. The summed E-state index contributed by atoms with van der Waals surface area (Å²) in [5.74, 6) is 1.04. The van der Waals surface area contributed by atoms with Crippen LogP contribution in [-0.2, 0) is 0 Å². The molecule has 2 rings (SSSR count). The molecule has 0 saturated carbocycles. The highest BCUT2D eigenvalue weighted by Gasteiger charge is 2.19. The van der Waals surface area contributed by atoms with E-state index in [4.69, 9.17) is 9.47 Å². The Morgan fingerprint density at radius 1 is 1.33 bits per heavy atom. The summed E-state index contributed by atoms with van der Waals surface area (Å²) < 4.78 is 11.0. The van der Waals surface area contributed by atoms with Crippen LogP contribution in [0.15, 0.2) is 12.4 Å². The minimum atomic E-state index is 0.0971. The van der Waals surface area contributed by atoms with Gasteiger partial charge in [-0.3, -0.25) is 4.98 Å². The van der Waals surface area contributed by atoms with Gasteiger partial charge < -0.3 is 14.8 Å². The van der Waals surface area contributed by atoms with Crippen LogP contribution in [0.25, 0.3) is 0 Å². The molecule has 5 heteroatoms. The molecule has 2 heterocycles. The number of hydrogen-bond acceptors (Lipinski definition) is 5. The van der Waals surface area contributed by atoms with Gasteiger partial charge in [-0.1, -0.05) is 0 Å². The molecule has 1 N–H and O–H groups in total. The average Bonchev–Trinajstić information content (AvgIpc) is 2.11. The Morgan fingerprint density at radius 3 is 2.67 bits per heavy atom. The second kappa shape index (κ2) is 4.44. The number of aromatic nitrogens is 2. The van der Waals surface area contributed by atoms with Crippen molar-refractivity contribution in [1.82, 2.24) is 15.3 Å². The van der Waals surface area contributed by atoms with Gasteiger partial charge in [0.05, 0.1) is 18.5 Å². The van der Waals surface area contributed by atoms with Crippen molar-refractivity contribution in [2.45, 2.75) is 26.1 Å². The SMILES string of the molecule is CC(C)Oc1cncc(OC2CNC2)n1. The minimum absolute atomic E-state index is 0.0971. The Hall–Kier alpha value is -1.36. The number of nitrogens with zero attached hydrogens (tertiary/aromatic N) is 2. The Balaban J connectivity index is 1.98. The highest BCUT2D eigenvalue weighted by Crippen LogP contribution is 2.14. The van der Waals surface area contributed by atoms with Crippen molar-refractivity contribution in [3.8, 4) is 11.8 Å². The van der Waals surface area contributed by atoms with Crippen LogP contribution in [0.3, 0.4) is 0 Å². The van der Waals surface area contributed by atoms with Crippen LogP contribution in [0.5, 0.6) is 11.8 Å². The average molecular weight is 209 g/mol. The van der Waals surface area contributed by atoms with E-state index in [1.165, 1.54) is 0 Å². The maximum atomic E-state index is 5.56. The zero-order valence-corrected chi connectivity index (χ0v) is 8.93. The maximum absolute atomic E-state index is 5.56. The van der Waals surface area contributed by atoms with Crippen LogP contribution in [-0.4, -0.2) is 35.3 Å². The third kappa shape index (κ3) is 2.79. The summed E-state index contributed by atoms with van der Waals surface area (Å²) in [6.07, 6.45) is 3.51. The number of nitrogens with one attached hydrogen (secondary N) is 1. The fraction of sp³-hybridized carbons (Fsp3) is 0.600.